The Morgan fingerprint density at radius 2 is 2.18 bits per heavy atom. The van der Waals surface area contributed by atoms with Gasteiger partial charge in [-0.25, -0.2) is 0 Å². The molecular weight excluding hydrogens is 364 g/mol. The summed E-state index contributed by atoms with van der Waals surface area (Å²) in [6.07, 6.45) is 1.72. The van der Waals surface area contributed by atoms with Gasteiger partial charge in [0.25, 0.3) is 5.91 Å². The average molecular weight is 388 g/mol. The van der Waals surface area contributed by atoms with Crippen LogP contribution in [0.2, 0.25) is 0 Å². The molecule has 1 aliphatic rings. The molecule has 0 saturated heterocycles. The number of benzene rings is 1. The summed E-state index contributed by atoms with van der Waals surface area (Å²) in [4.78, 5) is 26.5. The molecule has 3 rings (SSSR count). The number of methoxy groups -OCH3 is 1. The fourth-order valence-corrected chi connectivity index (χ4v) is 2.92. The van der Waals surface area contributed by atoms with Gasteiger partial charge in [0.15, 0.2) is 0 Å². The molecule has 0 fully saturated rings. The van der Waals surface area contributed by atoms with Gasteiger partial charge in [0, 0.05) is 32.3 Å². The summed E-state index contributed by atoms with van der Waals surface area (Å²) >= 11 is 0. The van der Waals surface area contributed by atoms with Gasteiger partial charge in [-0.15, -0.1) is 0 Å². The van der Waals surface area contributed by atoms with Gasteiger partial charge in [0.05, 0.1) is 31.3 Å². The molecule has 1 aromatic heterocycles. The van der Waals surface area contributed by atoms with Gasteiger partial charge in [0.2, 0.25) is 5.91 Å². The van der Waals surface area contributed by atoms with Crippen molar-refractivity contribution in [2.24, 2.45) is 0 Å². The number of aromatic nitrogens is 1. The summed E-state index contributed by atoms with van der Waals surface area (Å²) < 4.78 is 15.5. The van der Waals surface area contributed by atoms with Crippen molar-refractivity contribution in [1.29, 1.82) is 0 Å². The number of anilines is 1. The predicted molar refractivity (Wildman–Crippen MR) is 101 cm³/mol. The third kappa shape index (κ3) is 4.80. The van der Waals surface area contributed by atoms with E-state index in [9.17, 15) is 9.59 Å². The van der Waals surface area contributed by atoms with Crippen molar-refractivity contribution in [1.82, 2.24) is 15.8 Å². The lowest BCUT2D eigenvalue weighted by atomic mass is 10.1. The molecule has 0 aliphatic carbocycles. The van der Waals surface area contributed by atoms with E-state index in [1.165, 1.54) is 6.26 Å². The molecule has 0 bridgehead atoms. The van der Waals surface area contributed by atoms with Gasteiger partial charge < -0.3 is 29.5 Å². The number of amides is 2. The number of hydrogen-bond acceptors (Lipinski definition) is 7. The Labute approximate surface area is 163 Å². The van der Waals surface area contributed by atoms with Gasteiger partial charge in [-0.05, 0) is 18.2 Å². The summed E-state index contributed by atoms with van der Waals surface area (Å²) in [5.74, 6) is 0.399. The Balaban J connectivity index is 1.60. The van der Waals surface area contributed by atoms with E-state index in [0.717, 1.165) is 5.69 Å². The lowest BCUT2D eigenvalue weighted by molar-refractivity contribution is -0.121. The zero-order valence-corrected chi connectivity index (χ0v) is 15.9. The SMILES string of the molecule is COCCNC(=O)c1ccc2c(c1)N(C)[C@H](CC(=O)NCc1ccon1)CO2. The summed E-state index contributed by atoms with van der Waals surface area (Å²) in [6.45, 7) is 1.59. The second kappa shape index (κ2) is 9.23. The van der Waals surface area contributed by atoms with E-state index in [4.69, 9.17) is 14.0 Å². The highest BCUT2D eigenvalue weighted by Gasteiger charge is 2.27. The summed E-state index contributed by atoms with van der Waals surface area (Å²) in [5, 5.41) is 9.37. The molecule has 28 heavy (non-hydrogen) atoms. The van der Waals surface area contributed by atoms with Gasteiger partial charge in [0.1, 0.15) is 24.3 Å². The Bertz CT molecular complexity index is 809. The van der Waals surface area contributed by atoms with E-state index < -0.39 is 0 Å². The summed E-state index contributed by atoms with van der Waals surface area (Å²) in [7, 11) is 3.48. The van der Waals surface area contributed by atoms with E-state index in [-0.39, 0.29) is 24.3 Å². The van der Waals surface area contributed by atoms with E-state index in [1.807, 2.05) is 11.9 Å². The fourth-order valence-electron chi connectivity index (χ4n) is 2.92. The molecule has 150 valence electrons. The highest BCUT2D eigenvalue weighted by molar-refractivity contribution is 5.95. The van der Waals surface area contributed by atoms with Crippen molar-refractivity contribution in [3.63, 3.8) is 0 Å². The van der Waals surface area contributed by atoms with Crippen LogP contribution in [0.1, 0.15) is 22.5 Å². The summed E-state index contributed by atoms with van der Waals surface area (Å²) in [6, 6.07) is 6.83. The van der Waals surface area contributed by atoms with Crippen molar-refractivity contribution in [3.8, 4) is 5.75 Å². The second-order valence-corrected chi connectivity index (χ2v) is 6.48. The van der Waals surface area contributed by atoms with Gasteiger partial charge in [-0.2, -0.15) is 0 Å². The van der Waals surface area contributed by atoms with E-state index in [1.54, 1.807) is 31.4 Å². The molecule has 1 aliphatic heterocycles. The number of nitrogens with zero attached hydrogens (tertiary/aromatic N) is 2. The maximum absolute atomic E-state index is 12.3. The first-order valence-electron chi connectivity index (χ1n) is 9.01. The number of rotatable bonds is 8. The highest BCUT2D eigenvalue weighted by atomic mass is 16.5. The van der Waals surface area contributed by atoms with Crippen molar-refractivity contribution in [3.05, 3.63) is 41.8 Å². The monoisotopic (exact) mass is 388 g/mol. The molecule has 2 aromatic rings. The molecule has 0 unspecified atom stereocenters. The Hall–Kier alpha value is -3.07. The number of hydrogen-bond donors (Lipinski definition) is 2. The number of carbonyl (C=O) groups excluding carboxylic acids is 2. The first-order valence-corrected chi connectivity index (χ1v) is 9.01. The van der Waals surface area contributed by atoms with Crippen LogP contribution in [-0.4, -0.2) is 56.9 Å². The number of ether oxygens (including phenoxy) is 2. The average Bonchev–Trinajstić information content (AvgIpc) is 3.22. The Morgan fingerprint density at radius 1 is 1.32 bits per heavy atom. The van der Waals surface area contributed by atoms with E-state index >= 15 is 0 Å². The standard InChI is InChI=1S/C19H24N4O5/c1-23-15(10-18(24)21-11-14-5-7-28-22-14)12-27-17-4-3-13(9-16(17)23)19(25)20-6-8-26-2/h3-5,7,9,15H,6,8,10-12H2,1-2H3,(H,20,25)(H,21,24)/t15-/m1/s1. The van der Waals surface area contributed by atoms with E-state index in [2.05, 4.69) is 15.8 Å². The molecular formula is C19H24N4O5. The van der Waals surface area contributed by atoms with Crippen LogP contribution in [0.5, 0.6) is 5.75 Å². The molecule has 1 atom stereocenters. The first kappa shape index (κ1) is 19.7. The van der Waals surface area contributed by atoms with Crippen LogP contribution in [0.4, 0.5) is 5.69 Å². The Morgan fingerprint density at radius 3 is 2.93 bits per heavy atom. The third-order valence-corrected chi connectivity index (χ3v) is 4.55. The second-order valence-electron chi connectivity index (χ2n) is 6.48. The molecule has 1 aromatic carbocycles. The molecule has 9 nitrogen and oxygen atoms in total. The van der Waals surface area contributed by atoms with Gasteiger partial charge >= 0.3 is 0 Å². The van der Waals surface area contributed by atoms with Crippen LogP contribution >= 0.6 is 0 Å². The molecule has 2 N–H and O–H groups in total. The minimum atomic E-state index is -0.180. The van der Waals surface area contributed by atoms with Crippen molar-refractivity contribution in [2.45, 2.75) is 19.0 Å². The van der Waals surface area contributed by atoms with Crippen LogP contribution in [-0.2, 0) is 16.1 Å². The number of likely N-dealkylation sites (N-methyl/N-ethyl adjacent to an activating group) is 1. The molecule has 2 heterocycles. The minimum absolute atomic E-state index is 0.111. The maximum atomic E-state index is 12.3. The number of fused-ring (bicyclic) bond motifs is 1. The largest absolute Gasteiger partial charge is 0.489 e. The van der Waals surface area contributed by atoms with Crippen LogP contribution in [0.25, 0.3) is 0 Å². The lowest BCUT2D eigenvalue weighted by Crippen LogP contribution is -2.43. The number of nitrogens with one attached hydrogen (secondary N) is 2. The van der Waals surface area contributed by atoms with Crippen molar-refractivity contribution in [2.75, 3.05) is 38.8 Å². The van der Waals surface area contributed by atoms with Crippen LogP contribution in [0, 0.1) is 0 Å². The third-order valence-electron chi connectivity index (χ3n) is 4.55. The Kier molecular flexibility index (Phi) is 6.49. The molecule has 2 amide bonds. The quantitative estimate of drug-likeness (QED) is 0.649. The maximum Gasteiger partial charge on any atom is 0.251 e. The van der Waals surface area contributed by atoms with Gasteiger partial charge in [-0.1, -0.05) is 5.16 Å². The van der Waals surface area contributed by atoms with Crippen LogP contribution in [0.15, 0.2) is 35.1 Å². The zero-order chi connectivity index (χ0) is 19.9. The fraction of sp³-hybridized carbons (Fsp3) is 0.421. The normalized spacial score (nSPS) is 15.5. The topological polar surface area (TPSA) is 106 Å². The zero-order valence-electron chi connectivity index (χ0n) is 15.9. The molecule has 0 saturated carbocycles. The van der Waals surface area contributed by atoms with Crippen molar-refractivity contribution >= 4 is 17.5 Å². The molecule has 0 spiro atoms. The van der Waals surface area contributed by atoms with Crippen LogP contribution in [0.3, 0.4) is 0 Å². The predicted octanol–water partition coefficient (Wildman–Crippen LogP) is 0.954. The van der Waals surface area contributed by atoms with Gasteiger partial charge in [-0.3, -0.25) is 9.59 Å². The molecule has 9 heteroatoms. The lowest BCUT2D eigenvalue weighted by Gasteiger charge is -2.35. The first-order chi connectivity index (χ1) is 13.6. The van der Waals surface area contributed by atoms with Crippen LogP contribution < -0.4 is 20.3 Å². The number of carbonyl (C=O) groups is 2. The summed E-state index contributed by atoms with van der Waals surface area (Å²) in [5.41, 5.74) is 1.97. The highest BCUT2D eigenvalue weighted by Crippen LogP contribution is 2.34. The van der Waals surface area contributed by atoms with Crippen molar-refractivity contribution < 1.29 is 23.6 Å². The van der Waals surface area contributed by atoms with E-state index in [0.29, 0.717) is 43.3 Å². The molecule has 0 radical (unpaired) electrons. The minimum Gasteiger partial charge on any atom is -0.489 e. The smallest absolute Gasteiger partial charge is 0.251 e.